The fraction of sp³-hybridized carbons (Fsp3) is 0. The summed E-state index contributed by atoms with van der Waals surface area (Å²) in [7, 11) is 0. The molecule has 0 saturated heterocycles. The van der Waals surface area contributed by atoms with Gasteiger partial charge in [-0.05, 0) is 18.2 Å². The lowest BCUT2D eigenvalue weighted by Crippen LogP contribution is -1.97. The van der Waals surface area contributed by atoms with Crippen molar-refractivity contribution in [1.29, 1.82) is 5.26 Å². The van der Waals surface area contributed by atoms with E-state index in [-0.39, 0.29) is 0 Å². The van der Waals surface area contributed by atoms with Gasteiger partial charge in [0.1, 0.15) is 6.07 Å². The molecular formula is C10H6ClN3. The maximum Gasteiger partial charge on any atom is 0.103 e. The third-order valence-corrected chi connectivity index (χ3v) is 2.17. The summed E-state index contributed by atoms with van der Waals surface area (Å²) in [6.45, 7) is 0. The van der Waals surface area contributed by atoms with E-state index in [2.05, 4.69) is 11.2 Å². The summed E-state index contributed by atoms with van der Waals surface area (Å²) >= 11 is 5.88. The first-order valence-electron chi connectivity index (χ1n) is 4.01. The maximum atomic E-state index is 8.92. The zero-order chi connectivity index (χ0) is 9.97. The monoisotopic (exact) mass is 203 g/mol. The first kappa shape index (κ1) is 8.79. The van der Waals surface area contributed by atoms with Gasteiger partial charge in [-0.3, -0.25) is 0 Å². The zero-order valence-corrected chi connectivity index (χ0v) is 7.94. The van der Waals surface area contributed by atoms with Crippen LogP contribution in [0.1, 0.15) is 5.56 Å². The minimum atomic E-state index is 0.442. The summed E-state index contributed by atoms with van der Waals surface area (Å²) in [4.78, 5) is 0. The Hall–Kier alpha value is -1.79. The Morgan fingerprint density at radius 1 is 1.36 bits per heavy atom. The van der Waals surface area contributed by atoms with E-state index in [0.29, 0.717) is 16.3 Å². The van der Waals surface area contributed by atoms with Crippen LogP contribution in [0.4, 0.5) is 0 Å². The van der Waals surface area contributed by atoms with Crippen molar-refractivity contribution in [2.75, 3.05) is 0 Å². The van der Waals surface area contributed by atoms with Crippen LogP contribution in [0.15, 0.2) is 36.7 Å². The minimum absolute atomic E-state index is 0.442. The minimum Gasteiger partial charge on any atom is -0.240 e. The molecule has 0 saturated carbocycles. The second kappa shape index (κ2) is 3.52. The molecule has 68 valence electrons. The summed E-state index contributed by atoms with van der Waals surface area (Å²) in [5.41, 5.74) is 1.14. The summed E-state index contributed by atoms with van der Waals surface area (Å²) in [5.74, 6) is 0. The van der Waals surface area contributed by atoms with Crippen molar-refractivity contribution in [3.05, 3.63) is 47.2 Å². The van der Waals surface area contributed by atoms with Crippen molar-refractivity contribution in [2.45, 2.75) is 0 Å². The van der Waals surface area contributed by atoms with E-state index in [4.69, 9.17) is 16.9 Å². The van der Waals surface area contributed by atoms with Gasteiger partial charge in [-0.2, -0.15) is 10.4 Å². The Morgan fingerprint density at radius 2 is 2.21 bits per heavy atom. The van der Waals surface area contributed by atoms with E-state index >= 15 is 0 Å². The maximum absolute atomic E-state index is 8.92. The Kier molecular flexibility index (Phi) is 2.21. The van der Waals surface area contributed by atoms with E-state index in [1.807, 2.05) is 0 Å². The van der Waals surface area contributed by atoms with E-state index in [9.17, 15) is 0 Å². The highest BCUT2D eigenvalue weighted by Gasteiger charge is 2.07. The zero-order valence-electron chi connectivity index (χ0n) is 7.18. The molecular weight excluding hydrogens is 198 g/mol. The van der Waals surface area contributed by atoms with Crippen LogP contribution in [0, 0.1) is 11.3 Å². The van der Waals surface area contributed by atoms with Gasteiger partial charge in [0.2, 0.25) is 0 Å². The van der Waals surface area contributed by atoms with Gasteiger partial charge in [0.05, 0.1) is 16.3 Å². The van der Waals surface area contributed by atoms with Crippen molar-refractivity contribution in [1.82, 2.24) is 9.78 Å². The van der Waals surface area contributed by atoms with Crippen LogP contribution in [0.25, 0.3) is 5.69 Å². The van der Waals surface area contributed by atoms with E-state index in [1.165, 1.54) is 0 Å². The second-order valence-electron chi connectivity index (χ2n) is 2.70. The molecule has 14 heavy (non-hydrogen) atoms. The molecule has 2 aromatic rings. The van der Waals surface area contributed by atoms with Crippen molar-refractivity contribution >= 4 is 11.6 Å². The van der Waals surface area contributed by atoms with Gasteiger partial charge in [0.15, 0.2) is 0 Å². The molecule has 0 unspecified atom stereocenters. The number of nitriles is 1. The molecule has 0 aliphatic carbocycles. The van der Waals surface area contributed by atoms with Crippen LogP contribution in [0.3, 0.4) is 0 Å². The largest absolute Gasteiger partial charge is 0.240 e. The number of halogens is 1. The molecule has 0 aliphatic heterocycles. The van der Waals surface area contributed by atoms with Crippen LogP contribution >= 0.6 is 11.6 Å². The van der Waals surface area contributed by atoms with Crippen molar-refractivity contribution < 1.29 is 0 Å². The number of benzene rings is 1. The van der Waals surface area contributed by atoms with E-state index in [1.54, 1.807) is 41.3 Å². The smallest absolute Gasteiger partial charge is 0.103 e. The van der Waals surface area contributed by atoms with Crippen LogP contribution in [0.5, 0.6) is 0 Å². The first-order chi connectivity index (χ1) is 6.83. The van der Waals surface area contributed by atoms with E-state index < -0.39 is 0 Å². The van der Waals surface area contributed by atoms with Gasteiger partial charge >= 0.3 is 0 Å². The Bertz CT molecular complexity index is 483. The van der Waals surface area contributed by atoms with Gasteiger partial charge in [-0.1, -0.05) is 17.7 Å². The molecule has 1 aromatic heterocycles. The fourth-order valence-electron chi connectivity index (χ4n) is 1.23. The summed E-state index contributed by atoms with van der Waals surface area (Å²) in [6, 6.07) is 9.14. The molecule has 0 amide bonds. The lowest BCUT2D eigenvalue weighted by molar-refractivity contribution is 0.877. The van der Waals surface area contributed by atoms with Crippen LogP contribution in [-0.4, -0.2) is 9.78 Å². The summed E-state index contributed by atoms with van der Waals surface area (Å²) < 4.78 is 1.62. The number of rotatable bonds is 1. The average molecular weight is 204 g/mol. The predicted molar refractivity (Wildman–Crippen MR) is 53.3 cm³/mol. The molecule has 0 radical (unpaired) electrons. The normalized spacial score (nSPS) is 9.71. The fourth-order valence-corrected chi connectivity index (χ4v) is 1.44. The molecule has 0 bridgehead atoms. The second-order valence-corrected chi connectivity index (χ2v) is 3.10. The molecule has 4 heteroatoms. The van der Waals surface area contributed by atoms with Gasteiger partial charge in [0.25, 0.3) is 0 Å². The highest BCUT2D eigenvalue weighted by Crippen LogP contribution is 2.21. The molecule has 0 N–H and O–H groups in total. The van der Waals surface area contributed by atoms with Crippen molar-refractivity contribution in [3.8, 4) is 11.8 Å². The third-order valence-electron chi connectivity index (χ3n) is 1.85. The molecule has 0 atom stereocenters. The van der Waals surface area contributed by atoms with Gasteiger partial charge in [-0.25, -0.2) is 4.68 Å². The van der Waals surface area contributed by atoms with Gasteiger partial charge < -0.3 is 0 Å². The van der Waals surface area contributed by atoms with Crippen LogP contribution < -0.4 is 0 Å². The van der Waals surface area contributed by atoms with Gasteiger partial charge in [-0.15, -0.1) is 0 Å². The lowest BCUT2D eigenvalue weighted by atomic mass is 10.2. The highest BCUT2D eigenvalue weighted by atomic mass is 35.5. The van der Waals surface area contributed by atoms with Crippen LogP contribution in [0.2, 0.25) is 5.02 Å². The van der Waals surface area contributed by atoms with Crippen LogP contribution in [-0.2, 0) is 0 Å². The molecule has 0 fully saturated rings. The predicted octanol–water partition coefficient (Wildman–Crippen LogP) is 2.40. The highest BCUT2D eigenvalue weighted by molar-refractivity contribution is 6.32. The van der Waals surface area contributed by atoms with Crippen molar-refractivity contribution in [3.63, 3.8) is 0 Å². The standard InChI is InChI=1S/C10H6ClN3/c11-9-3-1-4-10(8(9)7-12)14-6-2-5-13-14/h1-6H. The number of hydrogen-bond donors (Lipinski definition) is 0. The molecule has 2 rings (SSSR count). The molecule has 0 aliphatic rings. The molecule has 0 spiro atoms. The number of hydrogen-bond acceptors (Lipinski definition) is 2. The first-order valence-corrected chi connectivity index (χ1v) is 4.39. The summed E-state index contributed by atoms with van der Waals surface area (Å²) in [5, 5.41) is 13.4. The topological polar surface area (TPSA) is 41.6 Å². The average Bonchev–Trinajstić information content (AvgIpc) is 2.70. The third kappa shape index (κ3) is 1.36. The lowest BCUT2D eigenvalue weighted by Gasteiger charge is -2.04. The van der Waals surface area contributed by atoms with Gasteiger partial charge in [0, 0.05) is 12.4 Å². The number of nitrogens with zero attached hydrogens (tertiary/aromatic N) is 3. The van der Waals surface area contributed by atoms with Crippen molar-refractivity contribution in [2.24, 2.45) is 0 Å². The SMILES string of the molecule is N#Cc1c(Cl)cccc1-n1cccn1. The quantitative estimate of drug-likeness (QED) is 0.714. The molecule has 3 nitrogen and oxygen atoms in total. The molecule has 1 aromatic carbocycles. The van der Waals surface area contributed by atoms with E-state index in [0.717, 1.165) is 0 Å². The summed E-state index contributed by atoms with van der Waals surface area (Å²) in [6.07, 6.45) is 3.43. The Labute approximate surface area is 86.2 Å². The number of aromatic nitrogens is 2. The Balaban J connectivity index is 2.66. The molecule has 1 heterocycles. The Morgan fingerprint density at radius 3 is 2.86 bits per heavy atom.